The summed E-state index contributed by atoms with van der Waals surface area (Å²) in [5.74, 6) is -5.13. The summed E-state index contributed by atoms with van der Waals surface area (Å²) in [6, 6.07) is -1.53. The van der Waals surface area contributed by atoms with Crippen molar-refractivity contribution < 1.29 is 77.0 Å². The molecule has 1 unspecified atom stereocenters. The molecule has 0 aromatic rings. The second-order valence-electron chi connectivity index (χ2n) is 16.5. The number of aliphatic hydroxyl groups excluding tert-OH is 1. The van der Waals surface area contributed by atoms with Crippen molar-refractivity contribution in [3.05, 3.63) is 44.0 Å². The zero-order valence-electron chi connectivity index (χ0n) is 33.5. The first-order valence-electron chi connectivity index (χ1n) is 19.7. The van der Waals surface area contributed by atoms with Gasteiger partial charge in [0.1, 0.15) is 6.61 Å². The lowest BCUT2D eigenvalue weighted by Gasteiger charge is -2.62. The fourth-order valence-corrected chi connectivity index (χ4v) is 9.90. The van der Waals surface area contributed by atoms with Crippen LogP contribution in [-0.4, -0.2) is 113 Å². The molecular formula is C38H52FN3O17. The molecule has 0 radical (unpaired) electrons. The molecule has 3 fully saturated rings. The van der Waals surface area contributed by atoms with Crippen LogP contribution >= 0.6 is 0 Å². The van der Waals surface area contributed by atoms with Crippen LogP contribution in [0.15, 0.2) is 23.8 Å². The van der Waals surface area contributed by atoms with E-state index >= 15 is 4.39 Å². The maximum Gasteiger partial charge on any atom is 0.508 e. The Morgan fingerprint density at radius 2 is 1.63 bits per heavy atom. The van der Waals surface area contributed by atoms with Crippen LogP contribution in [0.25, 0.3) is 0 Å². The smallest absolute Gasteiger partial charge is 0.464 e. The highest BCUT2D eigenvalue weighted by Gasteiger charge is 2.80. The number of hydrogen-bond donors (Lipinski definition) is 2. The van der Waals surface area contributed by atoms with Gasteiger partial charge in [-0.1, -0.05) is 31.1 Å². The fraction of sp³-hybridized carbons (Fsp3) is 0.763. The molecule has 20 nitrogen and oxygen atoms in total. The van der Waals surface area contributed by atoms with Crippen LogP contribution in [0.3, 0.4) is 0 Å². The summed E-state index contributed by atoms with van der Waals surface area (Å²) in [7, 11) is 0. The monoisotopic (exact) mass is 841 g/mol. The Morgan fingerprint density at radius 3 is 2.31 bits per heavy atom. The van der Waals surface area contributed by atoms with Gasteiger partial charge in [0.25, 0.3) is 10.2 Å². The third kappa shape index (κ3) is 9.06. The normalized spacial score (nSPS) is 32.8. The number of amides is 1. The number of aliphatic hydroxyl groups is 1. The van der Waals surface area contributed by atoms with E-state index in [4.69, 9.17) is 23.7 Å². The van der Waals surface area contributed by atoms with Gasteiger partial charge in [0.15, 0.2) is 35.5 Å². The summed E-state index contributed by atoms with van der Waals surface area (Å²) in [5.41, 5.74) is -5.83. The molecule has 0 aromatic heterocycles. The number of halogens is 1. The second kappa shape index (κ2) is 17.8. The Kier molecular flexibility index (Phi) is 13.7. The van der Waals surface area contributed by atoms with Gasteiger partial charge in [-0.05, 0) is 77.7 Å². The van der Waals surface area contributed by atoms with Crippen molar-refractivity contribution in [3.63, 3.8) is 0 Å². The zero-order chi connectivity index (χ0) is 43.4. The van der Waals surface area contributed by atoms with E-state index in [0.717, 1.165) is 0 Å². The molecule has 1 aliphatic heterocycles. The highest BCUT2D eigenvalue weighted by atomic mass is 19.1. The van der Waals surface area contributed by atoms with Crippen molar-refractivity contribution in [2.75, 3.05) is 33.0 Å². The van der Waals surface area contributed by atoms with Gasteiger partial charge in [-0.15, -0.1) is 20.2 Å². The molecule has 4 aliphatic carbocycles. The van der Waals surface area contributed by atoms with Crippen molar-refractivity contribution in [1.82, 2.24) is 5.32 Å². The molecule has 21 heteroatoms. The fourth-order valence-electron chi connectivity index (χ4n) is 9.90. The molecule has 1 heterocycles. The van der Waals surface area contributed by atoms with Crippen molar-refractivity contribution in [1.29, 1.82) is 0 Å². The molecule has 5 rings (SSSR count). The van der Waals surface area contributed by atoms with Crippen molar-refractivity contribution in [3.8, 4) is 0 Å². The molecule has 328 valence electrons. The van der Waals surface area contributed by atoms with Gasteiger partial charge in [-0.2, -0.15) is 0 Å². The summed E-state index contributed by atoms with van der Waals surface area (Å²) >= 11 is 0. The number of unbranched alkanes of at least 4 members (excludes halogenated alkanes) is 3. The number of fused-ring (bicyclic) bond motifs is 7. The van der Waals surface area contributed by atoms with Gasteiger partial charge in [0.2, 0.25) is 11.7 Å². The van der Waals surface area contributed by atoms with Crippen molar-refractivity contribution >= 4 is 29.6 Å². The number of carbonyl (C=O) groups is 5. The summed E-state index contributed by atoms with van der Waals surface area (Å²) in [6.07, 6.45) is 2.29. The average Bonchev–Trinajstić information content (AvgIpc) is 3.57. The topological polar surface area (TPSA) is 268 Å². The zero-order valence-corrected chi connectivity index (χ0v) is 33.5. The molecule has 5 aliphatic rings. The first kappa shape index (κ1) is 45.3. The van der Waals surface area contributed by atoms with Gasteiger partial charge >= 0.3 is 12.1 Å². The summed E-state index contributed by atoms with van der Waals surface area (Å²) < 4.78 is 46.0. The lowest BCUT2D eigenvalue weighted by molar-refractivity contribution is -0.757. The molecule has 0 spiro atoms. The highest BCUT2D eigenvalue weighted by molar-refractivity contribution is 5.94. The molecule has 1 saturated heterocycles. The molecule has 0 bridgehead atoms. The number of carbonyl (C=O) groups excluding carboxylic acids is 5. The van der Waals surface area contributed by atoms with E-state index in [1.165, 1.54) is 12.2 Å². The Balaban J connectivity index is 1.24. The number of nitrogens with one attached hydrogen (secondary N) is 1. The van der Waals surface area contributed by atoms with E-state index in [0.29, 0.717) is 18.4 Å². The number of ketones is 2. The third-order valence-corrected chi connectivity index (χ3v) is 12.5. The Labute approximate surface area is 338 Å². The number of Topliss-reactive ketones (excluding diaryl/α,β-unsaturated/α-hetero) is 1. The van der Waals surface area contributed by atoms with Crippen LogP contribution in [0, 0.1) is 42.9 Å². The quantitative estimate of drug-likeness (QED) is 0.0585. The summed E-state index contributed by atoms with van der Waals surface area (Å²) in [6.45, 7) is 4.38. The number of rotatable bonds is 20. The van der Waals surface area contributed by atoms with Crippen LogP contribution in [0.2, 0.25) is 0 Å². The first-order valence-corrected chi connectivity index (χ1v) is 19.7. The molecule has 0 aromatic carbocycles. The minimum atomic E-state index is -2.18. The van der Waals surface area contributed by atoms with Gasteiger partial charge < -0.3 is 43.8 Å². The number of nitrogens with zero attached hydrogens (tertiary/aromatic N) is 2. The average molecular weight is 842 g/mol. The number of hydrogen-bond acceptors (Lipinski definition) is 17. The van der Waals surface area contributed by atoms with E-state index in [9.17, 15) is 49.3 Å². The van der Waals surface area contributed by atoms with Crippen LogP contribution in [-0.2, 0) is 52.5 Å². The van der Waals surface area contributed by atoms with E-state index in [1.807, 2.05) is 6.08 Å². The van der Waals surface area contributed by atoms with Gasteiger partial charge in [-0.3, -0.25) is 14.4 Å². The Bertz CT molecular complexity index is 1740. The molecule has 2 saturated carbocycles. The van der Waals surface area contributed by atoms with Crippen molar-refractivity contribution in [2.24, 2.45) is 22.7 Å². The Hall–Kier alpha value is -4.76. The SMILES string of the molecule is CC1(C)O[C@@H]2C[C@H]3[C@@H]4CC=C5CC(=O)C=C[C@]5(C)[C@@]4(F)[C@@H](O)C[C@]3(C)[C@]2(C(=O)COC(=O)OCC(NC(=O)CCCCCO[N+](=O)[O-])C(=O)OCCCCO[N+](=O)[O-])O1. The van der Waals surface area contributed by atoms with E-state index in [1.54, 1.807) is 27.7 Å². The lowest BCUT2D eigenvalue weighted by atomic mass is 9.45. The summed E-state index contributed by atoms with van der Waals surface area (Å²) in [4.78, 5) is 94.3. The number of alkyl halides is 1. The second-order valence-corrected chi connectivity index (χ2v) is 16.5. The minimum Gasteiger partial charge on any atom is -0.464 e. The molecular weight excluding hydrogens is 789 g/mol. The first-order chi connectivity index (χ1) is 27.7. The minimum absolute atomic E-state index is 0.0441. The van der Waals surface area contributed by atoms with Gasteiger partial charge in [-0.25, -0.2) is 14.0 Å². The van der Waals surface area contributed by atoms with Crippen molar-refractivity contribution in [2.45, 2.75) is 127 Å². The standard InChI is InChI=1S/C38H52FN3O17/c1-34(2)58-30-19-26-25-12-11-23-18-24(43)13-14-35(23,3)37(25,39)28(44)20-36(26,4)38(30,59-34)29(45)22-55-33(48)54-21-27(32(47)53-15-8-9-17-57-42(51)52)40-31(46)10-6-5-7-16-56-41(49)50/h11,13-14,25-28,30,44H,5-10,12,15-22H2,1-4H3,(H,40,46)/t25-,26-,27?,28-,30+,35-,36-,37-,38+/m0/s1. The number of esters is 1. The van der Waals surface area contributed by atoms with Crippen LogP contribution in [0.1, 0.15) is 91.9 Å². The highest BCUT2D eigenvalue weighted by Crippen LogP contribution is 2.72. The molecule has 9 atom stereocenters. The third-order valence-electron chi connectivity index (χ3n) is 12.5. The lowest BCUT2D eigenvalue weighted by Crippen LogP contribution is -2.69. The molecule has 1 amide bonds. The molecule has 2 N–H and O–H groups in total. The van der Waals surface area contributed by atoms with E-state index in [2.05, 4.69) is 15.0 Å². The number of allylic oxidation sites excluding steroid dienone is 4. The van der Waals surface area contributed by atoms with Crippen LogP contribution in [0.4, 0.5) is 9.18 Å². The van der Waals surface area contributed by atoms with Crippen LogP contribution < -0.4 is 5.32 Å². The van der Waals surface area contributed by atoms with E-state index in [-0.39, 0.29) is 77.0 Å². The largest absolute Gasteiger partial charge is 0.508 e. The van der Waals surface area contributed by atoms with Gasteiger partial charge in [0, 0.05) is 29.6 Å². The predicted molar refractivity (Wildman–Crippen MR) is 195 cm³/mol. The number of ether oxygens (including phenoxy) is 5. The summed E-state index contributed by atoms with van der Waals surface area (Å²) in [5, 5.41) is 32.9. The molecule has 59 heavy (non-hydrogen) atoms. The predicted octanol–water partition coefficient (Wildman–Crippen LogP) is 3.36. The van der Waals surface area contributed by atoms with E-state index < -0.39 is 105 Å². The Morgan fingerprint density at radius 1 is 0.966 bits per heavy atom. The van der Waals surface area contributed by atoms with Gasteiger partial charge in [0.05, 0.1) is 32.0 Å². The maximum absolute atomic E-state index is 17.7. The van der Waals surface area contributed by atoms with Crippen LogP contribution in [0.5, 0.6) is 0 Å². The maximum atomic E-state index is 17.7.